The number of β-amino-alcohol motifs (C(OH)–C–C–N with tert-alkyl or cyclic N) is 1. The predicted octanol–water partition coefficient (Wildman–Crippen LogP) is 4.52. The third kappa shape index (κ3) is 6.55. The van der Waals surface area contributed by atoms with E-state index in [-0.39, 0.29) is 24.6 Å². The van der Waals surface area contributed by atoms with Gasteiger partial charge in [-0.15, -0.1) is 12.4 Å². The lowest BCUT2D eigenvalue weighted by molar-refractivity contribution is -0.0851. The molecular formula is C22H29BrClNO3. The van der Waals surface area contributed by atoms with E-state index in [0.717, 1.165) is 16.6 Å². The van der Waals surface area contributed by atoms with Crippen molar-refractivity contribution in [2.45, 2.75) is 38.7 Å². The van der Waals surface area contributed by atoms with E-state index in [1.807, 2.05) is 12.1 Å². The summed E-state index contributed by atoms with van der Waals surface area (Å²) in [7, 11) is 0. The molecule has 0 amide bonds. The summed E-state index contributed by atoms with van der Waals surface area (Å²) in [6, 6.07) is 16.7. The van der Waals surface area contributed by atoms with Gasteiger partial charge in [0, 0.05) is 23.6 Å². The third-order valence-electron chi connectivity index (χ3n) is 5.03. The van der Waals surface area contributed by atoms with E-state index < -0.39 is 6.10 Å². The maximum atomic E-state index is 10.4. The molecule has 4 nitrogen and oxygen atoms in total. The second-order valence-electron chi connectivity index (χ2n) is 7.23. The van der Waals surface area contributed by atoms with Crippen LogP contribution in [0.5, 0.6) is 0 Å². The highest BCUT2D eigenvalue weighted by Gasteiger charge is 2.31. The van der Waals surface area contributed by atoms with Gasteiger partial charge in [-0.1, -0.05) is 57.9 Å². The minimum absolute atomic E-state index is 0. The molecular weight excluding hydrogens is 442 g/mol. The van der Waals surface area contributed by atoms with Crippen molar-refractivity contribution in [1.29, 1.82) is 0 Å². The zero-order valence-electron chi connectivity index (χ0n) is 16.4. The molecule has 3 unspecified atom stereocenters. The number of aryl methyl sites for hydroxylation is 1. The van der Waals surface area contributed by atoms with Crippen molar-refractivity contribution < 1.29 is 14.6 Å². The van der Waals surface area contributed by atoms with Gasteiger partial charge in [0.2, 0.25) is 0 Å². The maximum absolute atomic E-state index is 10.4. The number of benzene rings is 2. The van der Waals surface area contributed by atoms with E-state index in [2.05, 4.69) is 71.1 Å². The van der Waals surface area contributed by atoms with Gasteiger partial charge in [0.1, 0.15) is 0 Å². The van der Waals surface area contributed by atoms with Gasteiger partial charge in [-0.2, -0.15) is 0 Å². The average molecular weight is 471 g/mol. The van der Waals surface area contributed by atoms with Crippen LogP contribution in [0.15, 0.2) is 53.0 Å². The molecule has 0 bridgehead atoms. The topological polar surface area (TPSA) is 41.9 Å². The van der Waals surface area contributed by atoms with Gasteiger partial charge in [0.15, 0.2) is 0 Å². The number of hydrogen-bond acceptors (Lipinski definition) is 4. The molecule has 28 heavy (non-hydrogen) atoms. The molecule has 1 aliphatic heterocycles. The van der Waals surface area contributed by atoms with Gasteiger partial charge in [0.25, 0.3) is 0 Å². The van der Waals surface area contributed by atoms with E-state index in [4.69, 9.17) is 9.47 Å². The predicted molar refractivity (Wildman–Crippen MR) is 118 cm³/mol. The molecule has 1 saturated heterocycles. The number of nitrogens with zero attached hydrogens (tertiary/aromatic N) is 1. The number of morpholine rings is 1. The molecule has 0 spiro atoms. The van der Waals surface area contributed by atoms with E-state index in [1.165, 1.54) is 11.1 Å². The van der Waals surface area contributed by atoms with Crippen LogP contribution in [0.1, 0.15) is 29.7 Å². The van der Waals surface area contributed by atoms with Crippen molar-refractivity contribution in [3.05, 3.63) is 69.7 Å². The van der Waals surface area contributed by atoms with Crippen molar-refractivity contribution in [2.24, 2.45) is 0 Å². The first-order valence-electron chi connectivity index (χ1n) is 9.45. The molecule has 6 heteroatoms. The van der Waals surface area contributed by atoms with Crippen LogP contribution in [-0.4, -0.2) is 48.5 Å². The maximum Gasteiger partial charge on any atom is 0.0977 e. The Morgan fingerprint density at radius 2 is 1.86 bits per heavy atom. The first kappa shape index (κ1) is 23.3. The molecule has 0 aromatic heterocycles. The van der Waals surface area contributed by atoms with Crippen LogP contribution in [0.25, 0.3) is 0 Å². The van der Waals surface area contributed by atoms with Crippen LogP contribution in [-0.2, 0) is 16.1 Å². The summed E-state index contributed by atoms with van der Waals surface area (Å²) < 4.78 is 12.8. The fourth-order valence-corrected chi connectivity index (χ4v) is 3.70. The van der Waals surface area contributed by atoms with Gasteiger partial charge >= 0.3 is 0 Å². The number of aliphatic hydroxyl groups is 1. The molecule has 0 radical (unpaired) electrons. The van der Waals surface area contributed by atoms with Crippen LogP contribution in [0, 0.1) is 6.92 Å². The molecule has 3 rings (SSSR count). The second kappa shape index (κ2) is 11.3. The van der Waals surface area contributed by atoms with Crippen molar-refractivity contribution in [1.82, 2.24) is 4.90 Å². The molecule has 1 heterocycles. The van der Waals surface area contributed by atoms with Crippen LogP contribution in [0.3, 0.4) is 0 Å². The third-order valence-corrected chi connectivity index (χ3v) is 5.56. The minimum atomic E-state index is -0.512. The fourth-order valence-electron chi connectivity index (χ4n) is 3.44. The van der Waals surface area contributed by atoms with Crippen molar-refractivity contribution in [2.75, 3.05) is 26.3 Å². The van der Waals surface area contributed by atoms with Crippen molar-refractivity contribution >= 4 is 28.3 Å². The number of aliphatic hydroxyl groups excluding tert-OH is 1. The van der Waals surface area contributed by atoms with E-state index in [9.17, 15) is 5.11 Å². The van der Waals surface area contributed by atoms with E-state index >= 15 is 0 Å². The molecule has 3 atom stereocenters. The zero-order valence-corrected chi connectivity index (χ0v) is 18.8. The summed E-state index contributed by atoms with van der Waals surface area (Å²) in [6.07, 6.45) is -0.492. The highest BCUT2D eigenvalue weighted by atomic mass is 79.9. The summed E-state index contributed by atoms with van der Waals surface area (Å²) in [5.41, 5.74) is 3.53. The summed E-state index contributed by atoms with van der Waals surface area (Å²) in [6.45, 7) is 7.17. The zero-order chi connectivity index (χ0) is 19.2. The monoisotopic (exact) mass is 469 g/mol. The number of halogens is 2. The smallest absolute Gasteiger partial charge is 0.0977 e. The molecule has 1 fully saturated rings. The minimum Gasteiger partial charge on any atom is -0.389 e. The van der Waals surface area contributed by atoms with Crippen molar-refractivity contribution in [3.63, 3.8) is 0 Å². The summed E-state index contributed by atoms with van der Waals surface area (Å²) >= 11 is 3.48. The normalized spacial score (nSPS) is 21.1. The summed E-state index contributed by atoms with van der Waals surface area (Å²) in [5.74, 6) is 0. The lowest BCUT2D eigenvalue weighted by Crippen LogP contribution is -2.49. The average Bonchev–Trinajstić information content (AvgIpc) is 2.66. The molecule has 1 N–H and O–H groups in total. The lowest BCUT2D eigenvalue weighted by Gasteiger charge is -2.40. The fraction of sp³-hybridized carbons (Fsp3) is 0.455. The second-order valence-corrected chi connectivity index (χ2v) is 8.15. The number of hydrogen-bond donors (Lipinski definition) is 1. The molecule has 154 valence electrons. The Morgan fingerprint density at radius 3 is 2.54 bits per heavy atom. The summed E-state index contributed by atoms with van der Waals surface area (Å²) in [4.78, 5) is 2.29. The summed E-state index contributed by atoms with van der Waals surface area (Å²) in [5, 5.41) is 10.4. The van der Waals surface area contributed by atoms with Gasteiger partial charge in [0.05, 0.1) is 32.0 Å². The molecule has 2 aromatic carbocycles. The number of ether oxygens (including phenoxy) is 2. The SMILES string of the molecule is Cc1ccc(COCC(O)CN2CCOC(c3ccc(Br)cc3)C2C)cc1.Cl. The van der Waals surface area contributed by atoms with Crippen LogP contribution in [0.4, 0.5) is 0 Å². The molecule has 0 aliphatic carbocycles. The Balaban J connectivity index is 0.00000280. The Hall–Kier alpha value is -0.950. The Morgan fingerprint density at radius 1 is 1.18 bits per heavy atom. The van der Waals surface area contributed by atoms with E-state index in [0.29, 0.717) is 26.4 Å². The van der Waals surface area contributed by atoms with Gasteiger partial charge in [-0.25, -0.2) is 0 Å². The van der Waals surface area contributed by atoms with Crippen LogP contribution in [0.2, 0.25) is 0 Å². The standard InChI is InChI=1S/C22H28BrNO3.ClH/c1-16-3-5-18(6-4-16)14-26-15-21(25)13-24-11-12-27-22(17(24)2)19-7-9-20(23)10-8-19;/h3-10,17,21-22,25H,11-15H2,1-2H3;1H. The van der Waals surface area contributed by atoms with Crippen LogP contribution < -0.4 is 0 Å². The lowest BCUT2D eigenvalue weighted by atomic mass is 10.0. The Labute approximate surface area is 182 Å². The largest absolute Gasteiger partial charge is 0.389 e. The first-order chi connectivity index (χ1) is 13.0. The Bertz CT molecular complexity index is 711. The van der Waals surface area contributed by atoms with Crippen LogP contribution >= 0.6 is 28.3 Å². The van der Waals surface area contributed by atoms with E-state index in [1.54, 1.807) is 0 Å². The molecule has 2 aromatic rings. The first-order valence-corrected chi connectivity index (χ1v) is 10.2. The molecule has 1 aliphatic rings. The van der Waals surface area contributed by atoms with Gasteiger partial charge in [-0.05, 0) is 37.1 Å². The highest BCUT2D eigenvalue weighted by Crippen LogP contribution is 2.29. The van der Waals surface area contributed by atoms with Crippen molar-refractivity contribution in [3.8, 4) is 0 Å². The number of rotatable bonds is 7. The molecule has 0 saturated carbocycles. The highest BCUT2D eigenvalue weighted by molar-refractivity contribution is 9.10. The van der Waals surface area contributed by atoms with Gasteiger partial charge < -0.3 is 14.6 Å². The quantitative estimate of drug-likeness (QED) is 0.646. The van der Waals surface area contributed by atoms with Gasteiger partial charge in [-0.3, -0.25) is 4.90 Å². The Kier molecular flexibility index (Phi) is 9.41.